The Labute approximate surface area is 104 Å². The zero-order valence-electron chi connectivity index (χ0n) is 10.3. The average Bonchev–Trinajstić information content (AvgIpc) is 2.73. The van der Waals surface area contributed by atoms with Crippen LogP contribution in [0.15, 0.2) is 30.5 Å². The van der Waals surface area contributed by atoms with Gasteiger partial charge in [0.05, 0.1) is 17.2 Å². The van der Waals surface area contributed by atoms with Crippen molar-refractivity contribution in [3.63, 3.8) is 0 Å². The van der Waals surface area contributed by atoms with Gasteiger partial charge in [-0.15, -0.1) is 0 Å². The molecule has 0 bridgehead atoms. The van der Waals surface area contributed by atoms with E-state index in [9.17, 15) is 10.1 Å². The minimum absolute atomic E-state index is 0.0888. The lowest BCUT2D eigenvalue weighted by Gasteiger charge is -2.06. The first-order valence-electron chi connectivity index (χ1n) is 5.53. The molecule has 94 valence electrons. The monoisotopic (exact) mass is 246 g/mol. The SMILES string of the molecule is Cc1ccc(NCc2ccn(C)n2)c([N+](=O)[O-])c1. The smallest absolute Gasteiger partial charge is 0.292 e. The number of nitro groups is 1. The number of anilines is 1. The maximum Gasteiger partial charge on any atom is 0.292 e. The molecule has 2 rings (SSSR count). The molecule has 0 radical (unpaired) electrons. The summed E-state index contributed by atoms with van der Waals surface area (Å²) in [5.41, 5.74) is 2.31. The third-order valence-corrected chi connectivity index (χ3v) is 2.58. The summed E-state index contributed by atoms with van der Waals surface area (Å²) in [7, 11) is 1.83. The summed E-state index contributed by atoms with van der Waals surface area (Å²) >= 11 is 0. The molecule has 0 aliphatic rings. The summed E-state index contributed by atoms with van der Waals surface area (Å²) in [6, 6.07) is 6.98. The van der Waals surface area contributed by atoms with Crippen LogP contribution in [0.5, 0.6) is 0 Å². The van der Waals surface area contributed by atoms with Crippen molar-refractivity contribution >= 4 is 11.4 Å². The molecule has 0 saturated carbocycles. The van der Waals surface area contributed by atoms with Gasteiger partial charge in [-0.1, -0.05) is 6.07 Å². The van der Waals surface area contributed by atoms with Gasteiger partial charge >= 0.3 is 0 Å². The van der Waals surface area contributed by atoms with E-state index in [1.165, 1.54) is 0 Å². The molecule has 0 aliphatic heterocycles. The van der Waals surface area contributed by atoms with E-state index in [1.54, 1.807) is 16.8 Å². The number of nitro benzene ring substituents is 1. The molecule has 6 nitrogen and oxygen atoms in total. The van der Waals surface area contributed by atoms with Crippen LogP contribution in [0.4, 0.5) is 11.4 Å². The maximum atomic E-state index is 10.9. The van der Waals surface area contributed by atoms with Gasteiger partial charge in [-0.2, -0.15) is 5.10 Å². The summed E-state index contributed by atoms with van der Waals surface area (Å²) in [5.74, 6) is 0. The van der Waals surface area contributed by atoms with Crippen LogP contribution in [0.3, 0.4) is 0 Å². The summed E-state index contributed by atoms with van der Waals surface area (Å²) < 4.78 is 1.70. The van der Waals surface area contributed by atoms with Gasteiger partial charge < -0.3 is 5.32 Å². The minimum Gasteiger partial charge on any atom is -0.374 e. The van der Waals surface area contributed by atoms with Gasteiger partial charge in [0.15, 0.2) is 0 Å². The Morgan fingerprint density at radius 3 is 2.83 bits per heavy atom. The van der Waals surface area contributed by atoms with Gasteiger partial charge in [0.1, 0.15) is 5.69 Å². The Balaban J connectivity index is 2.16. The predicted octanol–water partition coefficient (Wildman–Crippen LogP) is 2.25. The third kappa shape index (κ3) is 2.65. The highest BCUT2D eigenvalue weighted by Crippen LogP contribution is 2.25. The normalized spacial score (nSPS) is 10.3. The van der Waals surface area contributed by atoms with Gasteiger partial charge in [-0.25, -0.2) is 0 Å². The van der Waals surface area contributed by atoms with Gasteiger partial charge in [0.25, 0.3) is 5.69 Å². The van der Waals surface area contributed by atoms with E-state index < -0.39 is 0 Å². The standard InChI is InChI=1S/C12H14N4O2/c1-9-3-4-11(12(7-9)16(17)18)13-8-10-5-6-15(2)14-10/h3-7,13H,8H2,1-2H3. The molecule has 1 aromatic carbocycles. The van der Waals surface area contributed by atoms with Crippen LogP contribution in [-0.2, 0) is 13.6 Å². The Morgan fingerprint density at radius 2 is 2.22 bits per heavy atom. The first kappa shape index (κ1) is 12.1. The number of hydrogen-bond donors (Lipinski definition) is 1. The molecule has 1 N–H and O–H groups in total. The van der Waals surface area contributed by atoms with E-state index in [4.69, 9.17) is 0 Å². The second-order valence-corrected chi connectivity index (χ2v) is 4.11. The van der Waals surface area contributed by atoms with Crippen molar-refractivity contribution in [1.82, 2.24) is 9.78 Å². The molecule has 0 saturated heterocycles. The molecule has 0 atom stereocenters. The third-order valence-electron chi connectivity index (χ3n) is 2.58. The zero-order valence-corrected chi connectivity index (χ0v) is 10.3. The van der Waals surface area contributed by atoms with Gasteiger partial charge in [-0.05, 0) is 24.6 Å². The molecule has 6 heteroatoms. The van der Waals surface area contributed by atoms with Crippen molar-refractivity contribution in [3.05, 3.63) is 51.8 Å². The minimum atomic E-state index is -0.381. The number of hydrogen-bond acceptors (Lipinski definition) is 4. The van der Waals surface area contributed by atoms with Crippen molar-refractivity contribution in [2.45, 2.75) is 13.5 Å². The highest BCUT2D eigenvalue weighted by molar-refractivity contribution is 5.62. The Kier molecular flexibility index (Phi) is 3.27. The van der Waals surface area contributed by atoms with Crippen LogP contribution in [0.25, 0.3) is 0 Å². The summed E-state index contributed by atoms with van der Waals surface area (Å²) in [4.78, 5) is 10.6. The Hall–Kier alpha value is -2.37. The molecule has 1 heterocycles. The van der Waals surface area contributed by atoms with E-state index in [2.05, 4.69) is 10.4 Å². The lowest BCUT2D eigenvalue weighted by Crippen LogP contribution is -2.04. The Morgan fingerprint density at radius 1 is 1.44 bits per heavy atom. The van der Waals surface area contributed by atoms with Crippen LogP contribution in [0, 0.1) is 17.0 Å². The van der Waals surface area contributed by atoms with Crippen molar-refractivity contribution in [1.29, 1.82) is 0 Å². The fraction of sp³-hybridized carbons (Fsp3) is 0.250. The molecule has 1 aromatic heterocycles. The lowest BCUT2D eigenvalue weighted by atomic mass is 10.2. The average molecular weight is 246 g/mol. The van der Waals surface area contributed by atoms with E-state index in [1.807, 2.05) is 32.3 Å². The number of aromatic nitrogens is 2. The highest BCUT2D eigenvalue weighted by atomic mass is 16.6. The second kappa shape index (κ2) is 4.87. The van der Waals surface area contributed by atoms with E-state index in [0.717, 1.165) is 11.3 Å². The molecule has 0 spiro atoms. The molecular formula is C12H14N4O2. The van der Waals surface area contributed by atoms with Crippen molar-refractivity contribution in [3.8, 4) is 0 Å². The molecule has 0 amide bonds. The van der Waals surface area contributed by atoms with Gasteiger partial charge in [0, 0.05) is 19.3 Å². The van der Waals surface area contributed by atoms with Gasteiger partial charge in [0.2, 0.25) is 0 Å². The molecule has 0 unspecified atom stereocenters. The molecular weight excluding hydrogens is 232 g/mol. The van der Waals surface area contributed by atoms with Crippen molar-refractivity contribution in [2.75, 3.05) is 5.32 Å². The fourth-order valence-corrected chi connectivity index (χ4v) is 1.69. The van der Waals surface area contributed by atoms with Crippen molar-refractivity contribution < 1.29 is 4.92 Å². The van der Waals surface area contributed by atoms with Crippen LogP contribution in [0.2, 0.25) is 0 Å². The first-order chi connectivity index (χ1) is 8.56. The summed E-state index contributed by atoms with van der Waals surface area (Å²) in [6.07, 6.45) is 1.83. The largest absolute Gasteiger partial charge is 0.374 e. The highest BCUT2D eigenvalue weighted by Gasteiger charge is 2.13. The second-order valence-electron chi connectivity index (χ2n) is 4.11. The van der Waals surface area contributed by atoms with Crippen molar-refractivity contribution in [2.24, 2.45) is 7.05 Å². The van der Waals surface area contributed by atoms with Crippen LogP contribution < -0.4 is 5.32 Å². The topological polar surface area (TPSA) is 73.0 Å². The van der Waals surface area contributed by atoms with Crippen LogP contribution >= 0.6 is 0 Å². The number of nitrogens with one attached hydrogen (secondary N) is 1. The molecule has 0 fully saturated rings. The van der Waals surface area contributed by atoms with Gasteiger partial charge in [-0.3, -0.25) is 14.8 Å². The van der Waals surface area contributed by atoms with E-state index in [-0.39, 0.29) is 10.6 Å². The van der Waals surface area contributed by atoms with E-state index >= 15 is 0 Å². The van der Waals surface area contributed by atoms with E-state index in [0.29, 0.717) is 12.2 Å². The first-order valence-corrected chi connectivity index (χ1v) is 5.53. The van der Waals surface area contributed by atoms with Crippen LogP contribution in [-0.4, -0.2) is 14.7 Å². The lowest BCUT2D eigenvalue weighted by molar-refractivity contribution is -0.384. The predicted molar refractivity (Wildman–Crippen MR) is 68.4 cm³/mol. The maximum absolute atomic E-state index is 10.9. The number of nitrogens with zero attached hydrogens (tertiary/aromatic N) is 3. The number of rotatable bonds is 4. The fourth-order valence-electron chi connectivity index (χ4n) is 1.69. The summed E-state index contributed by atoms with van der Waals surface area (Å²) in [5, 5.41) is 18.2. The molecule has 0 aliphatic carbocycles. The summed E-state index contributed by atoms with van der Waals surface area (Å²) in [6.45, 7) is 2.29. The molecule has 2 aromatic rings. The van der Waals surface area contributed by atoms with Crippen LogP contribution in [0.1, 0.15) is 11.3 Å². The number of benzene rings is 1. The Bertz CT molecular complexity index is 577. The number of aryl methyl sites for hydroxylation is 2. The zero-order chi connectivity index (χ0) is 13.1. The molecule has 18 heavy (non-hydrogen) atoms. The quantitative estimate of drug-likeness (QED) is 0.663.